The number of nitrogens with one attached hydrogen (secondary N) is 1. The standard InChI is InChI=1S/C21H20Cl2N4O2S/c1-4-11-27-19(14-5-7-15(22)8-6-14)25-26-21(27)30-13(2)20(28)24-16-9-10-18(29-3)17(23)12-16/h4-10,12-13H,1,11H2,2-3H3,(H,24,28). The number of nitrogens with zero attached hydrogens (tertiary/aromatic N) is 3. The van der Waals surface area contributed by atoms with Crippen molar-refractivity contribution in [1.29, 1.82) is 0 Å². The van der Waals surface area contributed by atoms with Crippen molar-refractivity contribution in [2.75, 3.05) is 12.4 Å². The summed E-state index contributed by atoms with van der Waals surface area (Å²) in [6.45, 7) is 6.12. The number of allylic oxidation sites excluding steroid dienone is 1. The lowest BCUT2D eigenvalue weighted by atomic mass is 10.2. The quantitative estimate of drug-likeness (QED) is 0.350. The minimum atomic E-state index is -0.420. The first-order valence-electron chi connectivity index (χ1n) is 9.04. The Bertz CT molecular complexity index is 1050. The second kappa shape index (κ2) is 10.0. The summed E-state index contributed by atoms with van der Waals surface area (Å²) in [5.41, 5.74) is 1.47. The van der Waals surface area contributed by atoms with Gasteiger partial charge in [0, 0.05) is 22.8 Å². The Morgan fingerprint density at radius 3 is 2.63 bits per heavy atom. The number of carbonyl (C=O) groups is 1. The molecule has 1 aromatic heterocycles. The number of anilines is 1. The minimum Gasteiger partial charge on any atom is -0.495 e. The van der Waals surface area contributed by atoms with Gasteiger partial charge in [0.2, 0.25) is 5.91 Å². The average Bonchev–Trinajstić information content (AvgIpc) is 3.11. The molecule has 0 saturated carbocycles. The number of ether oxygens (including phenoxy) is 1. The molecule has 2 aromatic carbocycles. The number of hydrogen-bond donors (Lipinski definition) is 1. The average molecular weight is 463 g/mol. The van der Waals surface area contributed by atoms with Crippen LogP contribution in [0, 0.1) is 0 Å². The molecule has 0 radical (unpaired) electrons. The normalized spacial score (nSPS) is 11.7. The molecule has 0 fully saturated rings. The maximum absolute atomic E-state index is 12.7. The fraction of sp³-hybridized carbons (Fsp3) is 0.190. The van der Waals surface area contributed by atoms with Gasteiger partial charge in [-0.3, -0.25) is 9.36 Å². The van der Waals surface area contributed by atoms with Gasteiger partial charge in [-0.1, -0.05) is 41.0 Å². The first kappa shape index (κ1) is 22.2. The Balaban J connectivity index is 1.76. The Labute approximate surface area is 189 Å². The summed E-state index contributed by atoms with van der Waals surface area (Å²) < 4.78 is 7.04. The summed E-state index contributed by atoms with van der Waals surface area (Å²) in [6, 6.07) is 12.4. The molecular formula is C21H20Cl2N4O2S. The molecule has 1 N–H and O–H groups in total. The largest absolute Gasteiger partial charge is 0.495 e. The van der Waals surface area contributed by atoms with E-state index in [1.165, 1.54) is 18.9 Å². The summed E-state index contributed by atoms with van der Waals surface area (Å²) in [4.78, 5) is 12.7. The zero-order valence-corrected chi connectivity index (χ0v) is 18.8. The molecule has 6 nitrogen and oxygen atoms in total. The summed E-state index contributed by atoms with van der Waals surface area (Å²) >= 11 is 13.4. The molecule has 3 rings (SSSR count). The fourth-order valence-electron chi connectivity index (χ4n) is 2.68. The van der Waals surface area contributed by atoms with Crippen molar-refractivity contribution in [3.8, 4) is 17.1 Å². The van der Waals surface area contributed by atoms with Gasteiger partial charge in [-0.2, -0.15) is 0 Å². The number of aromatic nitrogens is 3. The second-order valence-corrected chi connectivity index (χ2v) is 8.46. The molecule has 30 heavy (non-hydrogen) atoms. The van der Waals surface area contributed by atoms with E-state index in [0.29, 0.717) is 39.0 Å². The van der Waals surface area contributed by atoms with E-state index in [-0.39, 0.29) is 5.91 Å². The van der Waals surface area contributed by atoms with Gasteiger partial charge in [-0.15, -0.1) is 16.8 Å². The molecule has 0 spiro atoms. The van der Waals surface area contributed by atoms with Crippen LogP contribution in [0.1, 0.15) is 6.92 Å². The van der Waals surface area contributed by atoms with Crippen LogP contribution in [0.5, 0.6) is 5.75 Å². The van der Waals surface area contributed by atoms with Crippen LogP contribution in [0.25, 0.3) is 11.4 Å². The molecule has 0 bridgehead atoms. The molecule has 1 unspecified atom stereocenters. The van der Waals surface area contributed by atoms with Crippen LogP contribution in [0.15, 0.2) is 60.3 Å². The van der Waals surface area contributed by atoms with Crippen LogP contribution in [0.4, 0.5) is 5.69 Å². The van der Waals surface area contributed by atoms with Gasteiger partial charge in [-0.05, 0) is 49.4 Å². The summed E-state index contributed by atoms with van der Waals surface area (Å²) in [5.74, 6) is 1.05. The second-order valence-electron chi connectivity index (χ2n) is 6.31. The first-order valence-corrected chi connectivity index (χ1v) is 10.7. The lowest BCUT2D eigenvalue weighted by Gasteiger charge is -2.13. The number of rotatable bonds is 8. The Kier molecular flexibility index (Phi) is 7.42. The molecule has 1 heterocycles. The summed E-state index contributed by atoms with van der Waals surface area (Å²) in [5, 5.41) is 12.7. The summed E-state index contributed by atoms with van der Waals surface area (Å²) in [7, 11) is 1.54. The maximum Gasteiger partial charge on any atom is 0.237 e. The van der Waals surface area contributed by atoms with Crippen LogP contribution >= 0.6 is 35.0 Å². The van der Waals surface area contributed by atoms with Crippen molar-refractivity contribution in [3.63, 3.8) is 0 Å². The van der Waals surface area contributed by atoms with E-state index >= 15 is 0 Å². The van der Waals surface area contributed by atoms with Gasteiger partial charge in [0.15, 0.2) is 11.0 Å². The number of benzene rings is 2. The molecule has 0 saturated heterocycles. The Hall–Kier alpha value is -2.48. The molecule has 1 amide bonds. The highest BCUT2D eigenvalue weighted by atomic mass is 35.5. The molecule has 0 aliphatic carbocycles. The zero-order valence-electron chi connectivity index (χ0n) is 16.4. The van der Waals surface area contributed by atoms with Crippen molar-refractivity contribution in [3.05, 3.63) is 65.2 Å². The van der Waals surface area contributed by atoms with E-state index in [0.717, 1.165) is 5.56 Å². The number of thioether (sulfide) groups is 1. The number of carbonyl (C=O) groups excluding carboxylic acids is 1. The monoisotopic (exact) mass is 462 g/mol. The third-order valence-corrected chi connectivity index (χ3v) is 5.83. The highest BCUT2D eigenvalue weighted by Gasteiger charge is 2.21. The van der Waals surface area contributed by atoms with E-state index < -0.39 is 5.25 Å². The summed E-state index contributed by atoms with van der Waals surface area (Å²) in [6.07, 6.45) is 1.76. The predicted molar refractivity (Wildman–Crippen MR) is 123 cm³/mol. The van der Waals surface area contributed by atoms with Gasteiger partial charge in [0.05, 0.1) is 17.4 Å². The number of methoxy groups -OCH3 is 1. The molecule has 0 aliphatic heterocycles. The lowest BCUT2D eigenvalue weighted by Crippen LogP contribution is -2.23. The van der Waals surface area contributed by atoms with Gasteiger partial charge in [-0.25, -0.2) is 0 Å². The lowest BCUT2D eigenvalue weighted by molar-refractivity contribution is -0.115. The van der Waals surface area contributed by atoms with E-state index in [1.54, 1.807) is 43.3 Å². The van der Waals surface area contributed by atoms with Crippen LogP contribution < -0.4 is 10.1 Å². The van der Waals surface area contributed by atoms with Crippen molar-refractivity contribution >= 4 is 46.6 Å². The van der Waals surface area contributed by atoms with Gasteiger partial charge >= 0.3 is 0 Å². The first-order chi connectivity index (χ1) is 14.4. The van der Waals surface area contributed by atoms with Gasteiger partial charge in [0.25, 0.3) is 0 Å². The number of hydrogen-bond acceptors (Lipinski definition) is 5. The van der Waals surface area contributed by atoms with Crippen molar-refractivity contribution in [2.45, 2.75) is 23.9 Å². The molecule has 1 atom stereocenters. The molecule has 0 aliphatic rings. The van der Waals surface area contributed by atoms with Crippen molar-refractivity contribution in [1.82, 2.24) is 14.8 Å². The molecular weight excluding hydrogens is 443 g/mol. The minimum absolute atomic E-state index is 0.178. The highest BCUT2D eigenvalue weighted by Crippen LogP contribution is 2.30. The van der Waals surface area contributed by atoms with Crippen molar-refractivity contribution in [2.24, 2.45) is 0 Å². The fourth-order valence-corrected chi connectivity index (χ4v) is 3.92. The van der Waals surface area contributed by atoms with E-state index in [1.807, 2.05) is 16.7 Å². The van der Waals surface area contributed by atoms with Crippen LogP contribution in [0.2, 0.25) is 10.0 Å². The molecule has 156 valence electrons. The van der Waals surface area contributed by atoms with Crippen LogP contribution in [-0.4, -0.2) is 33.0 Å². The van der Waals surface area contributed by atoms with Gasteiger partial charge in [0.1, 0.15) is 5.75 Å². The Morgan fingerprint density at radius 2 is 2.00 bits per heavy atom. The van der Waals surface area contributed by atoms with E-state index in [4.69, 9.17) is 27.9 Å². The smallest absolute Gasteiger partial charge is 0.237 e. The number of halogens is 2. The molecule has 3 aromatic rings. The van der Waals surface area contributed by atoms with Crippen LogP contribution in [-0.2, 0) is 11.3 Å². The number of amides is 1. The van der Waals surface area contributed by atoms with Crippen LogP contribution in [0.3, 0.4) is 0 Å². The van der Waals surface area contributed by atoms with Crippen molar-refractivity contribution < 1.29 is 9.53 Å². The third kappa shape index (κ3) is 5.16. The van der Waals surface area contributed by atoms with Gasteiger partial charge < -0.3 is 10.1 Å². The molecule has 9 heteroatoms. The Morgan fingerprint density at radius 1 is 1.27 bits per heavy atom. The highest BCUT2D eigenvalue weighted by molar-refractivity contribution is 8.00. The topological polar surface area (TPSA) is 69.0 Å². The maximum atomic E-state index is 12.7. The van der Waals surface area contributed by atoms with E-state index in [9.17, 15) is 4.79 Å². The third-order valence-electron chi connectivity index (χ3n) is 4.20. The zero-order chi connectivity index (χ0) is 21.7. The van der Waals surface area contributed by atoms with E-state index in [2.05, 4.69) is 22.1 Å². The predicted octanol–water partition coefficient (Wildman–Crippen LogP) is 5.57. The SMILES string of the molecule is C=CCn1c(SC(C)C(=O)Nc2ccc(OC)c(Cl)c2)nnc1-c1ccc(Cl)cc1.